The van der Waals surface area contributed by atoms with E-state index in [1.54, 1.807) is 24.3 Å². The van der Waals surface area contributed by atoms with Gasteiger partial charge in [-0.2, -0.15) is 0 Å². The molecule has 0 aliphatic heterocycles. The van der Waals surface area contributed by atoms with E-state index in [0.717, 1.165) is 0 Å². The lowest BCUT2D eigenvalue weighted by Gasteiger charge is -2.12. The number of hydrogen-bond donors (Lipinski definition) is 2. The molecule has 2 N–H and O–H groups in total. The van der Waals surface area contributed by atoms with Crippen LogP contribution < -0.4 is 24.8 Å². The van der Waals surface area contributed by atoms with Crippen molar-refractivity contribution in [1.82, 2.24) is 10.2 Å². The van der Waals surface area contributed by atoms with Crippen molar-refractivity contribution in [3.8, 4) is 28.7 Å². The fourth-order valence-corrected chi connectivity index (χ4v) is 2.38. The molecule has 0 radical (unpaired) electrons. The number of carbonyl (C=O) groups excluding carboxylic acids is 1. The molecule has 3 aromatic rings. The van der Waals surface area contributed by atoms with Crippen molar-refractivity contribution < 1.29 is 23.4 Å². The molecule has 0 unspecified atom stereocenters. The minimum Gasteiger partial charge on any atom is -0.493 e. The van der Waals surface area contributed by atoms with Crippen LogP contribution in [0.1, 0.15) is 0 Å². The Bertz CT molecular complexity index is 902. The van der Waals surface area contributed by atoms with Crippen LogP contribution in [0, 0.1) is 0 Å². The van der Waals surface area contributed by atoms with Crippen LogP contribution >= 0.6 is 0 Å². The van der Waals surface area contributed by atoms with Gasteiger partial charge in [-0.3, -0.25) is 5.32 Å². The number of benzene rings is 2. The third kappa shape index (κ3) is 4.09. The fraction of sp³-hybridized carbons (Fsp3) is 0.167. The van der Waals surface area contributed by atoms with Gasteiger partial charge in [-0.05, 0) is 24.3 Å². The summed E-state index contributed by atoms with van der Waals surface area (Å²) in [6.45, 7) is 0. The lowest BCUT2D eigenvalue weighted by atomic mass is 10.2. The number of rotatable bonds is 6. The van der Waals surface area contributed by atoms with Gasteiger partial charge in [-0.15, -0.1) is 5.10 Å². The molecule has 1 heterocycles. The summed E-state index contributed by atoms with van der Waals surface area (Å²) in [6, 6.07) is 11.8. The number of aromatic nitrogens is 2. The molecule has 2 aromatic carbocycles. The van der Waals surface area contributed by atoms with E-state index in [2.05, 4.69) is 20.8 Å². The first-order chi connectivity index (χ1) is 13.1. The smallest absolute Gasteiger partial charge is 0.327 e. The topological polar surface area (TPSA) is 108 Å². The normalized spacial score (nSPS) is 10.2. The maximum atomic E-state index is 12.0. The van der Waals surface area contributed by atoms with Gasteiger partial charge >= 0.3 is 12.0 Å². The summed E-state index contributed by atoms with van der Waals surface area (Å²) < 4.78 is 21.4. The van der Waals surface area contributed by atoms with Crippen molar-refractivity contribution in [3.05, 3.63) is 42.5 Å². The third-order valence-electron chi connectivity index (χ3n) is 3.59. The highest BCUT2D eigenvalue weighted by Crippen LogP contribution is 2.41. The average molecular weight is 370 g/mol. The number of methoxy groups -OCH3 is 3. The Labute approximate surface area is 155 Å². The molecule has 0 aliphatic rings. The van der Waals surface area contributed by atoms with Gasteiger partial charge in [0.25, 0.3) is 0 Å². The van der Waals surface area contributed by atoms with Crippen LogP contribution in [0.25, 0.3) is 11.5 Å². The van der Waals surface area contributed by atoms with Crippen LogP contribution in [0.5, 0.6) is 17.2 Å². The molecule has 0 saturated carbocycles. The molecule has 0 fully saturated rings. The minimum absolute atomic E-state index is 0.0489. The lowest BCUT2D eigenvalue weighted by molar-refractivity contribution is 0.261. The molecular weight excluding hydrogens is 352 g/mol. The molecule has 1 aromatic heterocycles. The number of amides is 2. The molecule has 3 rings (SSSR count). The summed E-state index contributed by atoms with van der Waals surface area (Å²) in [5, 5.41) is 12.9. The second-order valence-corrected chi connectivity index (χ2v) is 5.27. The Morgan fingerprint density at radius 2 is 1.59 bits per heavy atom. The third-order valence-corrected chi connectivity index (χ3v) is 3.59. The molecule has 0 saturated heterocycles. The zero-order valence-corrected chi connectivity index (χ0v) is 15.0. The number of para-hydroxylation sites is 1. The Balaban J connectivity index is 1.78. The molecule has 0 aliphatic carbocycles. The SMILES string of the molecule is COc1cc(-c2nnc(NC(=O)Nc3ccccc3)o2)cc(OC)c1OC. The van der Waals surface area contributed by atoms with Crippen LogP contribution in [0.3, 0.4) is 0 Å². The summed E-state index contributed by atoms with van der Waals surface area (Å²) in [6.07, 6.45) is 0. The van der Waals surface area contributed by atoms with Crippen molar-refractivity contribution in [3.63, 3.8) is 0 Å². The molecule has 140 valence electrons. The summed E-state index contributed by atoms with van der Waals surface area (Å²) in [7, 11) is 4.53. The van der Waals surface area contributed by atoms with E-state index in [1.807, 2.05) is 18.2 Å². The minimum atomic E-state index is -0.499. The summed E-state index contributed by atoms with van der Waals surface area (Å²) in [4.78, 5) is 12.0. The predicted octanol–water partition coefficient (Wildman–Crippen LogP) is 3.41. The number of carbonyl (C=O) groups is 1. The summed E-state index contributed by atoms with van der Waals surface area (Å²) in [5.41, 5.74) is 1.19. The Kier molecular flexibility index (Phi) is 5.41. The van der Waals surface area contributed by atoms with Crippen molar-refractivity contribution >= 4 is 17.7 Å². The lowest BCUT2D eigenvalue weighted by Crippen LogP contribution is -2.19. The quantitative estimate of drug-likeness (QED) is 0.684. The van der Waals surface area contributed by atoms with Gasteiger partial charge in [0, 0.05) is 11.3 Å². The maximum absolute atomic E-state index is 12.0. The Hall–Kier alpha value is -3.75. The summed E-state index contributed by atoms with van der Waals surface area (Å²) >= 11 is 0. The number of nitrogens with one attached hydrogen (secondary N) is 2. The van der Waals surface area contributed by atoms with E-state index < -0.39 is 6.03 Å². The van der Waals surface area contributed by atoms with Crippen molar-refractivity contribution in [2.45, 2.75) is 0 Å². The zero-order valence-electron chi connectivity index (χ0n) is 15.0. The van der Waals surface area contributed by atoms with Gasteiger partial charge in [0.2, 0.25) is 11.6 Å². The predicted molar refractivity (Wildman–Crippen MR) is 98.5 cm³/mol. The highest BCUT2D eigenvalue weighted by atomic mass is 16.5. The average Bonchev–Trinajstić information content (AvgIpc) is 3.15. The number of ether oxygens (including phenoxy) is 3. The molecule has 9 heteroatoms. The number of hydrogen-bond acceptors (Lipinski definition) is 7. The molecular formula is C18H18N4O5. The van der Waals surface area contributed by atoms with E-state index >= 15 is 0 Å². The van der Waals surface area contributed by atoms with Gasteiger partial charge in [0.1, 0.15) is 0 Å². The van der Waals surface area contributed by atoms with E-state index in [9.17, 15) is 4.79 Å². The van der Waals surface area contributed by atoms with Gasteiger partial charge < -0.3 is 23.9 Å². The molecule has 2 amide bonds. The van der Waals surface area contributed by atoms with E-state index in [-0.39, 0.29) is 11.9 Å². The van der Waals surface area contributed by atoms with Crippen molar-refractivity contribution in [1.29, 1.82) is 0 Å². The highest BCUT2D eigenvalue weighted by molar-refractivity contribution is 5.98. The van der Waals surface area contributed by atoms with Crippen LogP contribution in [0.15, 0.2) is 46.9 Å². The standard InChI is InChI=1S/C18H18N4O5/c1-24-13-9-11(10-14(25-2)15(13)26-3)16-21-22-18(27-16)20-17(23)19-12-7-5-4-6-8-12/h4-10H,1-3H3,(H2,19,20,22,23). The Morgan fingerprint density at radius 3 is 2.19 bits per heavy atom. The fourth-order valence-electron chi connectivity index (χ4n) is 2.38. The molecule has 9 nitrogen and oxygen atoms in total. The maximum Gasteiger partial charge on any atom is 0.327 e. The van der Waals surface area contributed by atoms with Gasteiger partial charge in [0.15, 0.2) is 11.5 Å². The second kappa shape index (κ2) is 8.09. The molecule has 0 bridgehead atoms. The van der Waals surface area contributed by atoms with E-state index in [4.69, 9.17) is 18.6 Å². The highest BCUT2D eigenvalue weighted by Gasteiger charge is 2.18. The molecule has 27 heavy (non-hydrogen) atoms. The summed E-state index contributed by atoms with van der Waals surface area (Å²) in [5.74, 6) is 1.52. The monoisotopic (exact) mass is 370 g/mol. The van der Waals surface area contributed by atoms with E-state index in [0.29, 0.717) is 28.5 Å². The van der Waals surface area contributed by atoms with Crippen LogP contribution in [-0.4, -0.2) is 37.6 Å². The first-order valence-corrected chi connectivity index (χ1v) is 7.91. The van der Waals surface area contributed by atoms with Gasteiger partial charge in [0.05, 0.1) is 21.3 Å². The van der Waals surface area contributed by atoms with Gasteiger partial charge in [-0.25, -0.2) is 4.79 Å². The second-order valence-electron chi connectivity index (χ2n) is 5.27. The Morgan fingerprint density at radius 1 is 0.926 bits per heavy atom. The number of nitrogens with zero attached hydrogens (tertiary/aromatic N) is 2. The van der Waals surface area contributed by atoms with Gasteiger partial charge in [-0.1, -0.05) is 23.3 Å². The largest absolute Gasteiger partial charge is 0.493 e. The molecule has 0 spiro atoms. The first-order valence-electron chi connectivity index (χ1n) is 7.91. The number of anilines is 2. The van der Waals surface area contributed by atoms with Crippen LogP contribution in [-0.2, 0) is 0 Å². The number of urea groups is 1. The van der Waals surface area contributed by atoms with Crippen molar-refractivity contribution in [2.24, 2.45) is 0 Å². The molecule has 0 atom stereocenters. The zero-order chi connectivity index (χ0) is 19.2. The van der Waals surface area contributed by atoms with E-state index in [1.165, 1.54) is 21.3 Å². The van der Waals surface area contributed by atoms with Crippen LogP contribution in [0.4, 0.5) is 16.5 Å². The van der Waals surface area contributed by atoms with Crippen LogP contribution in [0.2, 0.25) is 0 Å². The van der Waals surface area contributed by atoms with Crippen molar-refractivity contribution in [2.75, 3.05) is 32.0 Å². The first kappa shape index (κ1) is 18.1.